The van der Waals surface area contributed by atoms with Crippen LogP contribution in [0.25, 0.3) is 0 Å². The molecule has 2 aromatic carbocycles. The van der Waals surface area contributed by atoms with Crippen molar-refractivity contribution in [2.45, 2.75) is 96.3 Å². The fourth-order valence-corrected chi connectivity index (χ4v) is 5.66. The second kappa shape index (κ2) is 13.9. The topological polar surface area (TPSA) is 29.5 Å². The van der Waals surface area contributed by atoms with Crippen LogP contribution in [-0.4, -0.2) is 25.4 Å². The molecule has 2 heteroatoms. The van der Waals surface area contributed by atoms with E-state index in [1.165, 1.54) is 62.5 Å². The first-order chi connectivity index (χ1) is 16.2. The number of methoxy groups -OCH3 is 1. The van der Waals surface area contributed by atoms with E-state index in [1.54, 1.807) is 18.2 Å². The van der Waals surface area contributed by atoms with E-state index in [4.69, 9.17) is 4.74 Å². The van der Waals surface area contributed by atoms with Crippen molar-refractivity contribution >= 4 is 0 Å². The Morgan fingerprint density at radius 1 is 0.909 bits per heavy atom. The molecule has 1 atom stereocenters. The second-order valence-electron chi connectivity index (χ2n) is 10.2. The highest BCUT2D eigenvalue weighted by atomic mass is 16.5. The normalized spacial score (nSPS) is 19.5. The van der Waals surface area contributed by atoms with Crippen molar-refractivity contribution < 1.29 is 9.84 Å². The molecule has 1 fully saturated rings. The highest BCUT2D eigenvalue weighted by Crippen LogP contribution is 2.39. The van der Waals surface area contributed by atoms with Gasteiger partial charge in [0.2, 0.25) is 0 Å². The van der Waals surface area contributed by atoms with E-state index < -0.39 is 0 Å². The number of unbranched alkanes of at least 4 members (excludes halogenated alkanes) is 2. The zero-order valence-electron chi connectivity index (χ0n) is 21.3. The number of aryl methyl sites for hydroxylation is 3. The van der Waals surface area contributed by atoms with Crippen LogP contribution in [0.2, 0.25) is 0 Å². The lowest BCUT2D eigenvalue weighted by Gasteiger charge is -2.30. The fraction of sp³-hybridized carbons (Fsp3) is 0.613. The molecule has 0 aliphatic heterocycles. The molecule has 0 bridgehead atoms. The minimum Gasteiger partial charge on any atom is -0.396 e. The van der Waals surface area contributed by atoms with Crippen LogP contribution in [0.3, 0.4) is 0 Å². The Bertz CT molecular complexity index is 802. The Kier molecular flexibility index (Phi) is 11.0. The van der Waals surface area contributed by atoms with Crippen LogP contribution >= 0.6 is 0 Å². The van der Waals surface area contributed by atoms with Gasteiger partial charge in [0.1, 0.15) is 0 Å². The van der Waals surface area contributed by atoms with Gasteiger partial charge in [0.05, 0.1) is 13.2 Å². The number of aliphatic hydroxyl groups is 1. The van der Waals surface area contributed by atoms with Crippen LogP contribution in [0.4, 0.5) is 0 Å². The van der Waals surface area contributed by atoms with Crippen LogP contribution in [0.5, 0.6) is 0 Å². The van der Waals surface area contributed by atoms with Gasteiger partial charge in [0.15, 0.2) is 0 Å². The second-order valence-corrected chi connectivity index (χ2v) is 10.2. The van der Waals surface area contributed by atoms with E-state index in [1.807, 2.05) is 0 Å². The molecule has 33 heavy (non-hydrogen) atoms. The van der Waals surface area contributed by atoms with Gasteiger partial charge >= 0.3 is 0 Å². The van der Waals surface area contributed by atoms with E-state index in [0.717, 1.165) is 36.7 Å². The molecule has 1 unspecified atom stereocenters. The van der Waals surface area contributed by atoms with Crippen molar-refractivity contribution in [1.82, 2.24) is 0 Å². The lowest BCUT2D eigenvalue weighted by atomic mass is 9.75. The van der Waals surface area contributed by atoms with Gasteiger partial charge in [-0.1, -0.05) is 82.0 Å². The van der Waals surface area contributed by atoms with Crippen LogP contribution in [0.15, 0.2) is 42.5 Å². The van der Waals surface area contributed by atoms with Crippen molar-refractivity contribution in [2.24, 2.45) is 5.92 Å². The Hall–Kier alpha value is -1.64. The summed E-state index contributed by atoms with van der Waals surface area (Å²) in [5, 5.41) is 9.57. The molecule has 2 nitrogen and oxygen atoms in total. The Balaban J connectivity index is 1.55. The van der Waals surface area contributed by atoms with E-state index >= 15 is 0 Å². The molecule has 0 amide bonds. The number of hydrogen-bond acceptors (Lipinski definition) is 2. The molecule has 1 N–H and O–H groups in total. The number of rotatable bonds is 13. The molecule has 0 spiro atoms. The average Bonchev–Trinajstić information content (AvgIpc) is 2.87. The number of benzene rings is 2. The summed E-state index contributed by atoms with van der Waals surface area (Å²) >= 11 is 0. The molecule has 3 rings (SSSR count). The van der Waals surface area contributed by atoms with Gasteiger partial charge < -0.3 is 9.84 Å². The summed E-state index contributed by atoms with van der Waals surface area (Å²) in [4.78, 5) is 0. The Morgan fingerprint density at radius 2 is 1.61 bits per heavy atom. The molecule has 1 aliphatic carbocycles. The lowest BCUT2D eigenvalue weighted by molar-refractivity contribution is 0.144. The molecule has 0 radical (unpaired) electrons. The first kappa shape index (κ1) is 26.0. The third-order valence-electron chi connectivity index (χ3n) is 7.83. The molecular formula is C31H46O2. The van der Waals surface area contributed by atoms with Crippen molar-refractivity contribution in [1.29, 1.82) is 0 Å². The highest BCUT2D eigenvalue weighted by molar-refractivity contribution is 5.36. The smallest absolute Gasteiger partial charge is 0.0553 e. The van der Waals surface area contributed by atoms with Gasteiger partial charge in [0.25, 0.3) is 0 Å². The quantitative estimate of drug-likeness (QED) is 0.318. The van der Waals surface area contributed by atoms with Crippen LogP contribution in [-0.2, 0) is 24.0 Å². The van der Waals surface area contributed by atoms with Gasteiger partial charge in [-0.25, -0.2) is 0 Å². The van der Waals surface area contributed by atoms with Gasteiger partial charge in [-0.3, -0.25) is 0 Å². The summed E-state index contributed by atoms with van der Waals surface area (Å²) in [6, 6.07) is 16.0. The summed E-state index contributed by atoms with van der Waals surface area (Å²) in [6.07, 6.45) is 14.5. The predicted octanol–water partition coefficient (Wildman–Crippen LogP) is 7.61. The van der Waals surface area contributed by atoms with Crippen molar-refractivity contribution in [2.75, 3.05) is 20.3 Å². The maximum Gasteiger partial charge on any atom is 0.0553 e. The lowest BCUT2D eigenvalue weighted by Crippen LogP contribution is -2.14. The molecule has 0 aromatic heterocycles. The van der Waals surface area contributed by atoms with Gasteiger partial charge in [-0.2, -0.15) is 0 Å². The predicted molar refractivity (Wildman–Crippen MR) is 140 cm³/mol. The Labute approximate surface area is 202 Å². The standard InChI is InChI=1S/C31H46O2/c1-4-6-7-8-24-13-18-29(19-14-24)31-20-15-26(21-27(31)5-2)10-9-25-11-16-28(17-12-25)30(22-32)23-33-3/h11-12,15-17,20-21,24,29-30,32H,4-10,13-14,18-19,22-23H2,1-3H3. The summed E-state index contributed by atoms with van der Waals surface area (Å²) in [7, 11) is 1.69. The maximum atomic E-state index is 9.57. The molecule has 0 heterocycles. The summed E-state index contributed by atoms with van der Waals surface area (Å²) < 4.78 is 5.22. The van der Waals surface area contributed by atoms with Crippen LogP contribution in [0, 0.1) is 5.92 Å². The zero-order chi connectivity index (χ0) is 23.5. The summed E-state index contributed by atoms with van der Waals surface area (Å²) in [5.74, 6) is 1.82. The minimum atomic E-state index is 0.0649. The molecular weight excluding hydrogens is 404 g/mol. The maximum absolute atomic E-state index is 9.57. The largest absolute Gasteiger partial charge is 0.396 e. The molecule has 182 valence electrons. The van der Waals surface area contributed by atoms with Gasteiger partial charge in [0, 0.05) is 13.0 Å². The van der Waals surface area contributed by atoms with Gasteiger partial charge in [-0.15, -0.1) is 0 Å². The molecule has 2 aromatic rings. The number of aliphatic hydroxyl groups excluding tert-OH is 1. The fourth-order valence-electron chi connectivity index (χ4n) is 5.66. The minimum absolute atomic E-state index is 0.0649. The van der Waals surface area contributed by atoms with Crippen LogP contribution in [0.1, 0.15) is 105 Å². The highest BCUT2D eigenvalue weighted by Gasteiger charge is 2.23. The summed E-state index contributed by atoms with van der Waals surface area (Å²) in [6.45, 7) is 5.30. The van der Waals surface area contributed by atoms with E-state index in [2.05, 4.69) is 56.3 Å². The first-order valence-electron chi connectivity index (χ1n) is 13.5. The van der Waals surface area contributed by atoms with Crippen LogP contribution < -0.4 is 0 Å². The molecule has 0 saturated heterocycles. The SMILES string of the molecule is CCCCCC1CCC(c2ccc(CCc3ccc(C(CO)COC)cc3)cc2CC)CC1. The first-order valence-corrected chi connectivity index (χ1v) is 13.5. The molecule has 1 aliphatic rings. The average molecular weight is 451 g/mol. The monoisotopic (exact) mass is 450 g/mol. The number of hydrogen-bond donors (Lipinski definition) is 1. The van der Waals surface area contributed by atoms with Crippen molar-refractivity contribution in [3.8, 4) is 0 Å². The van der Waals surface area contributed by atoms with E-state index in [0.29, 0.717) is 6.61 Å². The summed E-state index contributed by atoms with van der Waals surface area (Å²) in [5.41, 5.74) is 7.17. The van der Waals surface area contributed by atoms with E-state index in [9.17, 15) is 5.11 Å². The number of ether oxygens (including phenoxy) is 1. The zero-order valence-corrected chi connectivity index (χ0v) is 21.3. The third-order valence-corrected chi connectivity index (χ3v) is 7.83. The van der Waals surface area contributed by atoms with E-state index in [-0.39, 0.29) is 12.5 Å². The van der Waals surface area contributed by atoms with Crippen molar-refractivity contribution in [3.05, 3.63) is 70.3 Å². The van der Waals surface area contributed by atoms with Gasteiger partial charge in [-0.05, 0) is 84.6 Å². The molecule has 1 saturated carbocycles. The van der Waals surface area contributed by atoms with Crippen molar-refractivity contribution in [3.63, 3.8) is 0 Å². The Morgan fingerprint density at radius 3 is 2.24 bits per heavy atom. The third kappa shape index (κ3) is 7.69.